The minimum absolute atomic E-state index is 0.210. The fraction of sp³-hybridized carbons (Fsp3) is 0.316. The molecule has 0 amide bonds. The second-order valence-corrected chi connectivity index (χ2v) is 7.00. The van der Waals surface area contributed by atoms with Gasteiger partial charge < -0.3 is 4.74 Å². The first-order valence-electron chi connectivity index (χ1n) is 7.87. The zero-order chi connectivity index (χ0) is 17.1. The number of hydrogen-bond acceptors (Lipinski definition) is 3. The molecule has 5 heteroatoms. The van der Waals surface area contributed by atoms with Gasteiger partial charge in [-0.25, -0.2) is 4.39 Å². The van der Waals surface area contributed by atoms with E-state index in [0.717, 1.165) is 11.0 Å². The Balaban J connectivity index is 1.86. The lowest BCUT2D eigenvalue weighted by Gasteiger charge is -2.18. The molecule has 1 saturated heterocycles. The van der Waals surface area contributed by atoms with Gasteiger partial charge in [-0.15, -0.1) is 0 Å². The van der Waals surface area contributed by atoms with Crippen LogP contribution in [0.25, 0.3) is 0 Å². The van der Waals surface area contributed by atoms with Crippen molar-refractivity contribution in [2.24, 2.45) is 5.92 Å². The van der Waals surface area contributed by atoms with E-state index >= 15 is 0 Å². The van der Waals surface area contributed by atoms with E-state index < -0.39 is 0 Å². The molecule has 0 aliphatic carbocycles. The van der Waals surface area contributed by atoms with Gasteiger partial charge in [0.15, 0.2) is 0 Å². The van der Waals surface area contributed by atoms with Gasteiger partial charge in [0, 0.05) is 30.0 Å². The zero-order valence-corrected chi connectivity index (χ0v) is 15.0. The van der Waals surface area contributed by atoms with E-state index in [4.69, 9.17) is 4.74 Å². The third-order valence-electron chi connectivity index (χ3n) is 4.51. The third kappa shape index (κ3) is 3.68. The smallest absolute Gasteiger partial charge is 0.310 e. The highest BCUT2D eigenvalue weighted by Gasteiger charge is 2.40. The molecule has 0 spiro atoms. The number of nitrogens with zero attached hydrogens (tertiary/aromatic N) is 1. The molecule has 2 atom stereocenters. The molecule has 1 heterocycles. The van der Waals surface area contributed by atoms with Crippen LogP contribution in [0.2, 0.25) is 0 Å². The highest BCUT2D eigenvalue weighted by Crippen LogP contribution is 2.36. The van der Waals surface area contributed by atoms with Crippen LogP contribution in [0.5, 0.6) is 0 Å². The number of hydrogen-bond donors (Lipinski definition) is 0. The Morgan fingerprint density at radius 3 is 2.71 bits per heavy atom. The second-order valence-electron chi connectivity index (χ2n) is 6.08. The first-order valence-corrected chi connectivity index (χ1v) is 8.67. The number of carbonyl (C=O) groups excluding carboxylic acids is 1. The Labute approximate surface area is 149 Å². The van der Waals surface area contributed by atoms with Crippen molar-refractivity contribution in [1.29, 1.82) is 0 Å². The number of benzene rings is 2. The zero-order valence-electron chi connectivity index (χ0n) is 13.4. The molecule has 24 heavy (non-hydrogen) atoms. The summed E-state index contributed by atoms with van der Waals surface area (Å²) < 4.78 is 20.1. The van der Waals surface area contributed by atoms with Gasteiger partial charge in [0.2, 0.25) is 0 Å². The summed E-state index contributed by atoms with van der Waals surface area (Å²) in [6.45, 7) is 1.93. The monoisotopic (exact) mass is 391 g/mol. The minimum Gasteiger partial charge on any atom is -0.469 e. The summed E-state index contributed by atoms with van der Waals surface area (Å²) in [7, 11) is 1.39. The summed E-state index contributed by atoms with van der Waals surface area (Å²) in [5, 5.41) is 0. The van der Waals surface area contributed by atoms with Crippen molar-refractivity contribution in [3.63, 3.8) is 0 Å². The van der Waals surface area contributed by atoms with E-state index in [1.54, 1.807) is 12.1 Å². The van der Waals surface area contributed by atoms with Crippen molar-refractivity contribution in [2.75, 3.05) is 20.2 Å². The number of esters is 1. The predicted molar refractivity (Wildman–Crippen MR) is 94.1 cm³/mol. The number of rotatable bonds is 4. The average molecular weight is 392 g/mol. The molecule has 1 aliphatic heterocycles. The van der Waals surface area contributed by atoms with E-state index in [-0.39, 0.29) is 23.6 Å². The maximum atomic E-state index is 14.3. The number of methoxy groups -OCH3 is 1. The van der Waals surface area contributed by atoms with Crippen LogP contribution in [0.15, 0.2) is 53.0 Å². The Bertz CT molecular complexity index is 723. The Kier molecular flexibility index (Phi) is 5.31. The first-order chi connectivity index (χ1) is 11.6. The highest BCUT2D eigenvalue weighted by atomic mass is 79.9. The molecule has 2 aromatic rings. The van der Waals surface area contributed by atoms with Crippen molar-refractivity contribution in [2.45, 2.75) is 12.5 Å². The lowest BCUT2D eigenvalue weighted by molar-refractivity contribution is -0.145. The molecule has 3 nitrogen and oxygen atoms in total. The summed E-state index contributed by atoms with van der Waals surface area (Å²) in [5.41, 5.74) is 1.74. The van der Waals surface area contributed by atoms with Crippen LogP contribution in [-0.4, -0.2) is 31.1 Å². The predicted octanol–water partition coefficient (Wildman–Crippen LogP) is 3.98. The van der Waals surface area contributed by atoms with E-state index in [2.05, 4.69) is 33.0 Å². The Morgan fingerprint density at radius 2 is 2.00 bits per heavy atom. The molecule has 126 valence electrons. The van der Waals surface area contributed by atoms with Crippen molar-refractivity contribution in [3.05, 3.63) is 69.9 Å². The summed E-state index contributed by atoms with van der Waals surface area (Å²) in [5.74, 6) is -1.13. The molecule has 1 aliphatic rings. The fourth-order valence-corrected chi connectivity index (χ4v) is 3.74. The van der Waals surface area contributed by atoms with Gasteiger partial charge in [-0.1, -0.05) is 46.3 Å². The third-order valence-corrected chi connectivity index (χ3v) is 5.00. The normalized spacial score (nSPS) is 21.0. The van der Waals surface area contributed by atoms with Gasteiger partial charge in [0.05, 0.1) is 13.0 Å². The molecule has 0 saturated carbocycles. The van der Waals surface area contributed by atoms with Crippen molar-refractivity contribution < 1.29 is 13.9 Å². The summed E-state index contributed by atoms with van der Waals surface area (Å²) in [6.07, 6.45) is 0. The van der Waals surface area contributed by atoms with Crippen LogP contribution < -0.4 is 0 Å². The molecule has 2 unspecified atom stereocenters. The van der Waals surface area contributed by atoms with E-state index in [1.165, 1.54) is 18.7 Å². The van der Waals surface area contributed by atoms with Gasteiger partial charge in [0.25, 0.3) is 0 Å². The van der Waals surface area contributed by atoms with Crippen molar-refractivity contribution in [3.8, 4) is 0 Å². The second kappa shape index (κ2) is 7.45. The van der Waals surface area contributed by atoms with Crippen molar-refractivity contribution in [1.82, 2.24) is 4.90 Å². The molecule has 0 aromatic heterocycles. The SMILES string of the molecule is COC(=O)C1CN(Cc2ccccc2)CC1c1cc(Br)ccc1F. The summed E-state index contributed by atoms with van der Waals surface area (Å²) >= 11 is 3.39. The molecule has 0 bridgehead atoms. The quantitative estimate of drug-likeness (QED) is 0.738. The Hall–Kier alpha value is -1.72. The molecule has 2 aromatic carbocycles. The molecular weight excluding hydrogens is 373 g/mol. The van der Waals surface area contributed by atoms with E-state index in [0.29, 0.717) is 18.7 Å². The molecule has 3 rings (SSSR count). The summed E-state index contributed by atoms with van der Waals surface area (Å²) in [6, 6.07) is 15.0. The van der Waals surface area contributed by atoms with Crippen LogP contribution >= 0.6 is 15.9 Å². The largest absolute Gasteiger partial charge is 0.469 e. The lowest BCUT2D eigenvalue weighted by Crippen LogP contribution is -2.24. The minimum atomic E-state index is -0.359. The maximum Gasteiger partial charge on any atom is 0.310 e. The number of likely N-dealkylation sites (tertiary alicyclic amines) is 1. The van der Waals surface area contributed by atoms with Crippen molar-refractivity contribution >= 4 is 21.9 Å². The van der Waals surface area contributed by atoms with Gasteiger partial charge in [-0.05, 0) is 29.3 Å². The van der Waals surface area contributed by atoms with Crippen LogP contribution in [0.3, 0.4) is 0 Å². The maximum absolute atomic E-state index is 14.3. The lowest BCUT2D eigenvalue weighted by atomic mass is 9.88. The van der Waals surface area contributed by atoms with Crippen LogP contribution in [-0.2, 0) is 16.1 Å². The molecule has 0 radical (unpaired) electrons. The van der Waals surface area contributed by atoms with Crippen LogP contribution in [0.1, 0.15) is 17.0 Å². The number of ether oxygens (including phenoxy) is 1. The van der Waals surface area contributed by atoms with Gasteiger partial charge in [-0.3, -0.25) is 9.69 Å². The average Bonchev–Trinajstić information content (AvgIpc) is 3.01. The topological polar surface area (TPSA) is 29.5 Å². The molecule has 0 N–H and O–H groups in total. The van der Waals surface area contributed by atoms with Crippen LogP contribution in [0, 0.1) is 11.7 Å². The standard InChI is InChI=1S/C19H19BrFNO2/c1-24-19(23)17-12-22(10-13-5-3-2-4-6-13)11-16(17)15-9-14(20)7-8-18(15)21/h2-9,16-17H,10-12H2,1H3. The molecule has 1 fully saturated rings. The molecular formula is C19H19BrFNO2. The van der Waals surface area contributed by atoms with Gasteiger partial charge in [-0.2, -0.15) is 0 Å². The highest BCUT2D eigenvalue weighted by molar-refractivity contribution is 9.10. The van der Waals surface area contributed by atoms with Gasteiger partial charge in [0.1, 0.15) is 5.82 Å². The first kappa shape index (κ1) is 17.1. The fourth-order valence-electron chi connectivity index (χ4n) is 3.36. The van der Waals surface area contributed by atoms with Gasteiger partial charge >= 0.3 is 5.97 Å². The number of carbonyl (C=O) groups is 1. The van der Waals surface area contributed by atoms with Crippen LogP contribution in [0.4, 0.5) is 4.39 Å². The van der Waals surface area contributed by atoms with E-state index in [9.17, 15) is 9.18 Å². The van der Waals surface area contributed by atoms with E-state index in [1.807, 2.05) is 18.2 Å². The summed E-state index contributed by atoms with van der Waals surface area (Å²) in [4.78, 5) is 14.4. The Morgan fingerprint density at radius 1 is 1.25 bits per heavy atom. The number of halogens is 2.